The minimum absolute atomic E-state index is 0.354. The normalized spacial score (nSPS) is 15.7. The van der Waals surface area contributed by atoms with Crippen molar-refractivity contribution in [3.05, 3.63) is 42.0 Å². The first-order valence-electron chi connectivity index (χ1n) is 11.0. The highest BCUT2D eigenvalue weighted by Crippen LogP contribution is 2.21. The second kappa shape index (κ2) is 11.2. The summed E-state index contributed by atoms with van der Waals surface area (Å²) in [7, 11) is -3.40. The van der Waals surface area contributed by atoms with Crippen LogP contribution in [0, 0.1) is 0 Å². The van der Waals surface area contributed by atoms with Crippen LogP contribution in [0.4, 0.5) is 0 Å². The topological polar surface area (TPSA) is 105 Å². The first-order chi connectivity index (χ1) is 15.0. The van der Waals surface area contributed by atoms with E-state index in [9.17, 15) is 8.42 Å². The van der Waals surface area contributed by atoms with Gasteiger partial charge in [0.25, 0.3) is 0 Å². The fourth-order valence-electron chi connectivity index (χ4n) is 3.57. The number of aliphatic imine (C=N–C) groups is 1. The van der Waals surface area contributed by atoms with Gasteiger partial charge in [-0.25, -0.2) is 13.4 Å². The molecule has 10 heteroatoms. The number of piperidine rings is 1. The summed E-state index contributed by atoms with van der Waals surface area (Å²) in [6, 6.07) is 7.06. The zero-order chi connectivity index (χ0) is 22.1. The van der Waals surface area contributed by atoms with Crippen LogP contribution in [0.1, 0.15) is 44.5 Å². The lowest BCUT2D eigenvalue weighted by atomic mass is 10.2. The Balaban J connectivity index is 1.57. The fourth-order valence-corrected chi connectivity index (χ4v) is 5.08. The molecule has 0 radical (unpaired) electrons. The number of hydrogen-bond acceptors (Lipinski definition) is 5. The first-order valence-corrected chi connectivity index (χ1v) is 12.5. The highest BCUT2D eigenvalue weighted by molar-refractivity contribution is 7.89. The van der Waals surface area contributed by atoms with Gasteiger partial charge < -0.3 is 15.2 Å². The van der Waals surface area contributed by atoms with Gasteiger partial charge in [-0.1, -0.05) is 25.5 Å². The van der Waals surface area contributed by atoms with Crippen LogP contribution in [0.5, 0.6) is 0 Å². The summed E-state index contributed by atoms with van der Waals surface area (Å²) in [5, 5.41) is 14.6. The van der Waals surface area contributed by atoms with Gasteiger partial charge in [-0.15, -0.1) is 10.2 Å². The van der Waals surface area contributed by atoms with Crippen LogP contribution in [0.15, 0.2) is 40.5 Å². The molecule has 2 N–H and O–H groups in total. The van der Waals surface area contributed by atoms with E-state index in [2.05, 4.69) is 32.7 Å². The van der Waals surface area contributed by atoms with E-state index in [0.717, 1.165) is 56.1 Å². The zero-order valence-corrected chi connectivity index (χ0v) is 19.2. The van der Waals surface area contributed by atoms with Gasteiger partial charge in [-0.2, -0.15) is 4.31 Å². The summed E-state index contributed by atoms with van der Waals surface area (Å²) in [6.45, 7) is 7.97. The van der Waals surface area contributed by atoms with Gasteiger partial charge in [0.2, 0.25) is 10.0 Å². The van der Waals surface area contributed by atoms with Gasteiger partial charge in [0.15, 0.2) is 5.96 Å². The van der Waals surface area contributed by atoms with Gasteiger partial charge in [-0.05, 0) is 37.5 Å². The lowest BCUT2D eigenvalue weighted by Crippen LogP contribution is -2.38. The highest BCUT2D eigenvalue weighted by Gasteiger charge is 2.25. The van der Waals surface area contributed by atoms with E-state index in [0.29, 0.717) is 31.1 Å². The highest BCUT2D eigenvalue weighted by atomic mass is 32.2. The summed E-state index contributed by atoms with van der Waals surface area (Å²) in [6.07, 6.45) is 5.55. The van der Waals surface area contributed by atoms with Crippen molar-refractivity contribution in [3.8, 4) is 0 Å². The average molecular weight is 448 g/mol. The molecule has 1 aliphatic rings. The summed E-state index contributed by atoms with van der Waals surface area (Å²) in [5.41, 5.74) is 0.960. The number of hydrogen-bond donors (Lipinski definition) is 2. The molecule has 170 valence electrons. The molecular formula is C21H33N7O2S. The number of nitrogens with one attached hydrogen (secondary N) is 2. The second-order valence-corrected chi connectivity index (χ2v) is 9.46. The summed E-state index contributed by atoms with van der Waals surface area (Å²) < 4.78 is 29.2. The van der Waals surface area contributed by atoms with Crippen molar-refractivity contribution in [3.63, 3.8) is 0 Å². The van der Waals surface area contributed by atoms with E-state index in [1.54, 1.807) is 22.8 Å². The molecule has 0 amide bonds. The Labute approximate surface area is 185 Å². The number of sulfonamides is 1. The van der Waals surface area contributed by atoms with Crippen LogP contribution in [0.2, 0.25) is 0 Å². The van der Waals surface area contributed by atoms with Gasteiger partial charge in [0.1, 0.15) is 12.2 Å². The molecule has 1 fully saturated rings. The minimum Gasteiger partial charge on any atom is -0.357 e. The van der Waals surface area contributed by atoms with Crippen molar-refractivity contribution < 1.29 is 8.42 Å². The maximum absolute atomic E-state index is 12.8. The first kappa shape index (κ1) is 23.2. The van der Waals surface area contributed by atoms with E-state index >= 15 is 0 Å². The van der Waals surface area contributed by atoms with E-state index in [1.807, 2.05) is 23.6 Å². The lowest BCUT2D eigenvalue weighted by molar-refractivity contribution is 0.346. The third-order valence-electron chi connectivity index (χ3n) is 5.30. The van der Waals surface area contributed by atoms with Crippen LogP contribution in [0.3, 0.4) is 0 Å². The molecule has 31 heavy (non-hydrogen) atoms. The van der Waals surface area contributed by atoms with E-state index in [-0.39, 0.29) is 0 Å². The van der Waals surface area contributed by atoms with Gasteiger partial charge >= 0.3 is 0 Å². The molecule has 9 nitrogen and oxygen atoms in total. The van der Waals surface area contributed by atoms with Gasteiger partial charge in [-0.3, -0.25) is 0 Å². The fraction of sp³-hybridized carbons (Fsp3) is 0.571. The number of aromatic nitrogens is 3. The molecule has 2 heterocycles. The SMILES string of the molecule is CCNC(=NCc1ccc(S(=O)(=O)N2CCCCC2)cc1)NCCn1cnnc1CC. The monoisotopic (exact) mass is 447 g/mol. The van der Waals surface area contributed by atoms with E-state index < -0.39 is 10.0 Å². The van der Waals surface area contributed by atoms with E-state index in [1.165, 1.54) is 0 Å². The van der Waals surface area contributed by atoms with Gasteiger partial charge in [0.05, 0.1) is 11.4 Å². The standard InChI is InChI=1S/C21H33N7O2S/c1-3-20-26-25-17-27(20)15-12-23-21(22-4-2)24-16-18-8-10-19(11-9-18)31(29,30)28-13-6-5-7-14-28/h8-11,17H,3-7,12-16H2,1-2H3,(H2,22,23,24). The van der Waals surface area contributed by atoms with Crippen molar-refractivity contribution in [1.29, 1.82) is 0 Å². The Morgan fingerprint density at radius 2 is 1.84 bits per heavy atom. The predicted octanol–water partition coefficient (Wildman–Crippen LogP) is 1.77. The number of nitrogens with zero attached hydrogens (tertiary/aromatic N) is 5. The van der Waals surface area contributed by atoms with Crippen molar-refractivity contribution >= 4 is 16.0 Å². The van der Waals surface area contributed by atoms with Crippen molar-refractivity contribution in [1.82, 2.24) is 29.7 Å². The van der Waals surface area contributed by atoms with Crippen LogP contribution >= 0.6 is 0 Å². The maximum atomic E-state index is 12.8. The van der Waals surface area contributed by atoms with E-state index in [4.69, 9.17) is 0 Å². The van der Waals surface area contributed by atoms with Crippen LogP contribution < -0.4 is 10.6 Å². The predicted molar refractivity (Wildman–Crippen MR) is 121 cm³/mol. The summed E-state index contributed by atoms with van der Waals surface area (Å²) in [4.78, 5) is 4.98. The van der Waals surface area contributed by atoms with Crippen LogP contribution in [-0.4, -0.2) is 59.6 Å². The number of benzene rings is 1. The Kier molecular flexibility index (Phi) is 8.42. The van der Waals surface area contributed by atoms with Gasteiger partial charge in [0, 0.05) is 39.1 Å². The Bertz CT molecular complexity index is 948. The summed E-state index contributed by atoms with van der Waals surface area (Å²) >= 11 is 0. The zero-order valence-electron chi connectivity index (χ0n) is 18.4. The van der Waals surface area contributed by atoms with Crippen molar-refractivity contribution in [2.45, 2.75) is 57.5 Å². The molecule has 0 atom stereocenters. The Hall–Kier alpha value is -2.46. The summed E-state index contributed by atoms with van der Waals surface area (Å²) in [5.74, 6) is 1.68. The van der Waals surface area contributed by atoms with Crippen molar-refractivity contribution in [2.24, 2.45) is 4.99 Å². The molecule has 0 saturated carbocycles. The molecule has 0 bridgehead atoms. The third-order valence-corrected chi connectivity index (χ3v) is 7.21. The molecule has 1 aliphatic heterocycles. The number of guanidine groups is 1. The molecular weight excluding hydrogens is 414 g/mol. The maximum Gasteiger partial charge on any atom is 0.243 e. The minimum atomic E-state index is -3.40. The molecule has 3 rings (SSSR count). The smallest absolute Gasteiger partial charge is 0.243 e. The van der Waals surface area contributed by atoms with Crippen LogP contribution in [0.25, 0.3) is 0 Å². The molecule has 1 aromatic heterocycles. The Morgan fingerprint density at radius 1 is 1.10 bits per heavy atom. The Morgan fingerprint density at radius 3 is 2.52 bits per heavy atom. The number of rotatable bonds is 9. The second-order valence-electron chi connectivity index (χ2n) is 7.52. The molecule has 1 saturated heterocycles. The molecule has 0 aliphatic carbocycles. The molecule has 1 aromatic carbocycles. The molecule has 0 unspecified atom stereocenters. The number of aryl methyl sites for hydroxylation is 1. The quantitative estimate of drug-likeness (QED) is 0.448. The lowest BCUT2D eigenvalue weighted by Gasteiger charge is -2.25. The van der Waals surface area contributed by atoms with Crippen molar-refractivity contribution in [2.75, 3.05) is 26.2 Å². The average Bonchev–Trinajstić information content (AvgIpc) is 3.26. The third kappa shape index (κ3) is 6.27. The largest absolute Gasteiger partial charge is 0.357 e. The molecule has 2 aromatic rings. The van der Waals surface area contributed by atoms with Crippen LogP contribution in [-0.2, 0) is 29.5 Å². The molecule has 0 spiro atoms.